The number of nitrogens with zero attached hydrogens (tertiary/aromatic N) is 1. The molecule has 1 aliphatic heterocycles. The zero-order valence-electron chi connectivity index (χ0n) is 13.0. The third kappa shape index (κ3) is 6.27. The van der Waals surface area contributed by atoms with E-state index < -0.39 is 0 Å². The number of hydrogen-bond donors (Lipinski definition) is 1. The zero-order chi connectivity index (χ0) is 13.3. The molecule has 1 saturated carbocycles. The number of likely N-dealkylation sites (N-methyl/N-ethyl adjacent to an activating group) is 1. The number of nitrogens with one attached hydrogen (secondary N) is 1. The maximum atomic E-state index is 3.96. The van der Waals surface area contributed by atoms with Gasteiger partial charge in [0.1, 0.15) is 0 Å². The van der Waals surface area contributed by atoms with E-state index in [0.29, 0.717) is 0 Å². The van der Waals surface area contributed by atoms with Gasteiger partial charge in [-0.05, 0) is 32.9 Å². The van der Waals surface area contributed by atoms with Crippen molar-refractivity contribution in [2.45, 2.75) is 89.1 Å². The van der Waals surface area contributed by atoms with E-state index in [1.165, 1.54) is 90.1 Å². The first kappa shape index (κ1) is 15.3. The van der Waals surface area contributed by atoms with Crippen molar-refractivity contribution in [2.24, 2.45) is 0 Å². The van der Waals surface area contributed by atoms with Crippen LogP contribution in [0.25, 0.3) is 0 Å². The van der Waals surface area contributed by atoms with Crippen molar-refractivity contribution < 1.29 is 0 Å². The van der Waals surface area contributed by atoms with Crippen LogP contribution in [0.1, 0.15) is 77.0 Å². The molecule has 0 aromatic carbocycles. The van der Waals surface area contributed by atoms with Gasteiger partial charge in [-0.15, -0.1) is 0 Å². The van der Waals surface area contributed by atoms with Gasteiger partial charge < -0.3 is 10.2 Å². The second kappa shape index (κ2) is 8.97. The Morgan fingerprint density at radius 2 is 1.21 bits per heavy atom. The third-order valence-corrected chi connectivity index (χ3v) is 4.97. The molecule has 0 spiro atoms. The lowest BCUT2D eigenvalue weighted by Crippen LogP contribution is -2.39. The van der Waals surface area contributed by atoms with Crippen LogP contribution in [-0.4, -0.2) is 37.1 Å². The Kier molecular flexibility index (Phi) is 7.23. The van der Waals surface area contributed by atoms with Gasteiger partial charge in [-0.25, -0.2) is 0 Å². The summed E-state index contributed by atoms with van der Waals surface area (Å²) in [7, 11) is 2.25. The van der Waals surface area contributed by atoms with Crippen LogP contribution in [0.2, 0.25) is 0 Å². The zero-order valence-corrected chi connectivity index (χ0v) is 13.0. The van der Waals surface area contributed by atoms with Gasteiger partial charge in [-0.2, -0.15) is 0 Å². The van der Waals surface area contributed by atoms with Crippen LogP contribution in [0.5, 0.6) is 0 Å². The highest BCUT2D eigenvalue weighted by Crippen LogP contribution is 2.18. The van der Waals surface area contributed by atoms with E-state index in [9.17, 15) is 0 Å². The van der Waals surface area contributed by atoms with Gasteiger partial charge in [-0.3, -0.25) is 0 Å². The molecular weight excluding hydrogens is 232 g/mol. The lowest BCUT2D eigenvalue weighted by atomic mass is 9.97. The first-order valence-electron chi connectivity index (χ1n) is 8.79. The summed E-state index contributed by atoms with van der Waals surface area (Å²) in [4.78, 5) is 2.47. The highest BCUT2D eigenvalue weighted by atomic mass is 15.2. The Balaban J connectivity index is 1.71. The highest BCUT2D eigenvalue weighted by Gasteiger charge is 2.21. The smallest absolute Gasteiger partial charge is 0.0209 e. The second-order valence-electron chi connectivity index (χ2n) is 6.87. The molecule has 2 heteroatoms. The van der Waals surface area contributed by atoms with Gasteiger partial charge in [-0.1, -0.05) is 57.8 Å². The molecule has 19 heavy (non-hydrogen) atoms. The molecule has 112 valence electrons. The van der Waals surface area contributed by atoms with Crippen molar-refractivity contribution in [3.8, 4) is 0 Å². The molecule has 2 nitrogen and oxygen atoms in total. The molecule has 0 radical (unpaired) electrons. The lowest BCUT2D eigenvalue weighted by molar-refractivity contribution is 0.348. The molecule has 0 aromatic rings. The summed E-state index contributed by atoms with van der Waals surface area (Å²) in [6.45, 7) is 2.54. The molecule has 1 unspecified atom stereocenters. The van der Waals surface area contributed by atoms with E-state index in [0.717, 1.165) is 12.1 Å². The van der Waals surface area contributed by atoms with Crippen molar-refractivity contribution >= 4 is 0 Å². The Hall–Kier alpha value is -0.0800. The Bertz CT molecular complexity index is 217. The minimum atomic E-state index is 0.767. The molecule has 1 aliphatic carbocycles. The van der Waals surface area contributed by atoms with Gasteiger partial charge in [0.25, 0.3) is 0 Å². The van der Waals surface area contributed by atoms with Gasteiger partial charge in [0.2, 0.25) is 0 Å². The van der Waals surface area contributed by atoms with Crippen LogP contribution < -0.4 is 5.32 Å². The molecule has 0 aromatic heterocycles. The van der Waals surface area contributed by atoms with Crippen LogP contribution in [-0.2, 0) is 0 Å². The molecule has 1 atom stereocenters. The molecular formula is C17H34N2. The van der Waals surface area contributed by atoms with Crippen LogP contribution >= 0.6 is 0 Å². The largest absolute Gasteiger partial charge is 0.310 e. The van der Waals surface area contributed by atoms with Crippen molar-refractivity contribution in [3.05, 3.63) is 0 Å². The molecule has 2 fully saturated rings. The molecule has 1 heterocycles. The standard InChI is InChI=1S/C17H34N2/c1-19-14-13-17(15-19)18-16-11-9-7-5-3-2-4-6-8-10-12-16/h16-18H,2-15H2,1H3. The summed E-state index contributed by atoms with van der Waals surface area (Å²) < 4.78 is 0. The summed E-state index contributed by atoms with van der Waals surface area (Å²) in [6, 6.07) is 1.57. The van der Waals surface area contributed by atoms with E-state index >= 15 is 0 Å². The van der Waals surface area contributed by atoms with E-state index in [1.807, 2.05) is 0 Å². The summed E-state index contributed by atoms with van der Waals surface area (Å²) in [5, 5.41) is 3.96. The van der Waals surface area contributed by atoms with Crippen molar-refractivity contribution in [1.82, 2.24) is 10.2 Å². The monoisotopic (exact) mass is 266 g/mol. The van der Waals surface area contributed by atoms with Gasteiger partial charge in [0.15, 0.2) is 0 Å². The summed E-state index contributed by atoms with van der Waals surface area (Å²) >= 11 is 0. The van der Waals surface area contributed by atoms with E-state index in [4.69, 9.17) is 0 Å². The van der Waals surface area contributed by atoms with Crippen LogP contribution in [0.15, 0.2) is 0 Å². The first-order valence-corrected chi connectivity index (χ1v) is 8.79. The van der Waals surface area contributed by atoms with Gasteiger partial charge in [0.05, 0.1) is 0 Å². The Morgan fingerprint density at radius 1 is 0.684 bits per heavy atom. The fourth-order valence-corrected chi connectivity index (χ4v) is 3.73. The minimum Gasteiger partial charge on any atom is -0.310 e. The van der Waals surface area contributed by atoms with Crippen LogP contribution in [0.4, 0.5) is 0 Å². The average molecular weight is 266 g/mol. The fourth-order valence-electron chi connectivity index (χ4n) is 3.73. The lowest BCUT2D eigenvalue weighted by Gasteiger charge is -2.23. The maximum Gasteiger partial charge on any atom is 0.0209 e. The number of rotatable bonds is 2. The summed E-state index contributed by atoms with van der Waals surface area (Å²) in [6.07, 6.45) is 17.4. The Labute approximate surface area is 120 Å². The summed E-state index contributed by atoms with van der Waals surface area (Å²) in [5.74, 6) is 0. The van der Waals surface area contributed by atoms with Crippen molar-refractivity contribution in [1.29, 1.82) is 0 Å². The van der Waals surface area contributed by atoms with E-state index in [-0.39, 0.29) is 0 Å². The van der Waals surface area contributed by atoms with E-state index in [2.05, 4.69) is 17.3 Å². The highest BCUT2D eigenvalue weighted by molar-refractivity contribution is 4.82. The molecule has 0 amide bonds. The number of likely N-dealkylation sites (tertiary alicyclic amines) is 1. The van der Waals surface area contributed by atoms with Crippen molar-refractivity contribution in [3.63, 3.8) is 0 Å². The molecule has 1 N–H and O–H groups in total. The van der Waals surface area contributed by atoms with Crippen molar-refractivity contribution in [2.75, 3.05) is 20.1 Å². The Morgan fingerprint density at radius 3 is 1.68 bits per heavy atom. The quantitative estimate of drug-likeness (QED) is 0.814. The molecule has 0 bridgehead atoms. The van der Waals surface area contributed by atoms with E-state index in [1.54, 1.807) is 0 Å². The maximum absolute atomic E-state index is 3.96. The summed E-state index contributed by atoms with van der Waals surface area (Å²) in [5.41, 5.74) is 0. The third-order valence-electron chi connectivity index (χ3n) is 4.97. The second-order valence-corrected chi connectivity index (χ2v) is 6.87. The molecule has 2 aliphatic rings. The number of hydrogen-bond acceptors (Lipinski definition) is 2. The van der Waals surface area contributed by atoms with Gasteiger partial charge >= 0.3 is 0 Å². The van der Waals surface area contributed by atoms with Crippen LogP contribution in [0.3, 0.4) is 0 Å². The first-order chi connectivity index (χ1) is 9.34. The van der Waals surface area contributed by atoms with Crippen LogP contribution in [0, 0.1) is 0 Å². The van der Waals surface area contributed by atoms with Gasteiger partial charge in [0, 0.05) is 18.6 Å². The predicted octanol–water partition coefficient (Wildman–Crippen LogP) is 3.95. The fraction of sp³-hybridized carbons (Fsp3) is 1.00. The topological polar surface area (TPSA) is 15.3 Å². The molecule has 2 rings (SSSR count). The molecule has 1 saturated heterocycles. The minimum absolute atomic E-state index is 0.767. The SMILES string of the molecule is CN1CCC(NC2CCCCCCCCCCC2)C1. The normalized spacial score (nSPS) is 29.8. The average Bonchev–Trinajstić information content (AvgIpc) is 2.78. The predicted molar refractivity (Wildman–Crippen MR) is 83.6 cm³/mol.